The molecule has 0 aliphatic rings. The van der Waals surface area contributed by atoms with Gasteiger partial charge < -0.3 is 18.9 Å². The van der Waals surface area contributed by atoms with E-state index in [1.165, 1.54) is 77.0 Å². The lowest BCUT2D eigenvalue weighted by molar-refractivity contribution is -0.870. The van der Waals surface area contributed by atoms with Gasteiger partial charge in [0.25, 0.3) is 0 Å². The molecule has 0 bridgehead atoms. The Labute approximate surface area is 337 Å². The number of carbonyl (C=O) groups excluding carboxylic acids is 1. The molecule has 0 fully saturated rings. The van der Waals surface area contributed by atoms with Crippen LogP contribution in [0.3, 0.4) is 0 Å². The first-order chi connectivity index (χ1) is 26.5. The quantitative estimate of drug-likeness (QED) is 0.00909. The average Bonchev–Trinajstić information content (AvgIpc) is 3.14. The smallest absolute Gasteiger partial charge is 0.457 e. The number of ether oxygens (including phenoxy) is 2. The molecule has 11 heteroatoms. The number of allylic oxidation sites excluding steroid dienone is 5. The molecule has 324 valence electrons. The zero-order valence-corrected chi connectivity index (χ0v) is 36.9. The highest BCUT2D eigenvalue weighted by Crippen LogP contribution is 2.43. The van der Waals surface area contributed by atoms with E-state index in [9.17, 15) is 14.3 Å². The fraction of sp³-hybridized carbons (Fsp3) is 0.841. The van der Waals surface area contributed by atoms with Gasteiger partial charge in [-0.15, -0.1) is 0 Å². The van der Waals surface area contributed by atoms with E-state index in [1.807, 2.05) is 39.4 Å². The molecule has 3 unspecified atom stereocenters. The number of quaternary nitrogens is 1. The number of unbranched alkanes of at least 4 members (excludes halogenated alkanes) is 19. The van der Waals surface area contributed by atoms with Crippen LogP contribution in [0.1, 0.15) is 174 Å². The first-order valence-electron chi connectivity index (χ1n) is 22.0. The highest BCUT2D eigenvalue weighted by Gasteiger charge is 2.26. The van der Waals surface area contributed by atoms with Crippen molar-refractivity contribution in [2.75, 3.05) is 54.1 Å². The molecule has 0 aliphatic carbocycles. The lowest BCUT2D eigenvalue weighted by Crippen LogP contribution is -2.37. The van der Waals surface area contributed by atoms with Gasteiger partial charge in [0.2, 0.25) is 0 Å². The Morgan fingerprint density at radius 1 is 0.655 bits per heavy atom. The summed E-state index contributed by atoms with van der Waals surface area (Å²) in [6.07, 6.45) is 39.1. The molecule has 0 spiro atoms. The molecule has 0 amide bonds. The molecule has 10 nitrogen and oxygen atoms in total. The molecule has 0 aromatic rings. The van der Waals surface area contributed by atoms with Gasteiger partial charge in [0.05, 0.1) is 34.4 Å². The Morgan fingerprint density at radius 2 is 1.20 bits per heavy atom. The molecule has 0 saturated heterocycles. The van der Waals surface area contributed by atoms with Gasteiger partial charge >= 0.3 is 13.8 Å². The van der Waals surface area contributed by atoms with Crippen LogP contribution < -0.4 is 0 Å². The van der Waals surface area contributed by atoms with Crippen LogP contribution in [-0.4, -0.2) is 86.9 Å². The largest absolute Gasteiger partial charge is 0.472 e. The summed E-state index contributed by atoms with van der Waals surface area (Å²) in [5.74, 6) is -0.359. The van der Waals surface area contributed by atoms with E-state index in [-0.39, 0.29) is 38.3 Å². The van der Waals surface area contributed by atoms with E-state index in [2.05, 4.69) is 37.0 Å². The second-order valence-corrected chi connectivity index (χ2v) is 17.4. The summed E-state index contributed by atoms with van der Waals surface area (Å²) in [6.45, 7) is 5.39. The van der Waals surface area contributed by atoms with Gasteiger partial charge in [-0.2, -0.15) is 0 Å². The van der Waals surface area contributed by atoms with Gasteiger partial charge in [-0.25, -0.2) is 9.45 Å². The van der Waals surface area contributed by atoms with Gasteiger partial charge in [-0.05, 0) is 57.8 Å². The maximum absolute atomic E-state index is 12.7. The third kappa shape index (κ3) is 40.6. The highest BCUT2D eigenvalue weighted by atomic mass is 31.2. The van der Waals surface area contributed by atoms with Crippen LogP contribution in [0.5, 0.6) is 0 Å². The van der Waals surface area contributed by atoms with Crippen LogP contribution in [0.2, 0.25) is 0 Å². The number of phosphoric ester groups is 1. The first kappa shape index (κ1) is 53.6. The third-order valence-corrected chi connectivity index (χ3v) is 10.4. The molecule has 55 heavy (non-hydrogen) atoms. The molecule has 0 aromatic heterocycles. The van der Waals surface area contributed by atoms with E-state index in [1.54, 1.807) is 0 Å². The molecule has 3 atom stereocenters. The van der Waals surface area contributed by atoms with E-state index >= 15 is 0 Å². The minimum Gasteiger partial charge on any atom is -0.457 e. The summed E-state index contributed by atoms with van der Waals surface area (Å²) < 4.78 is 34.9. The molecule has 0 saturated carbocycles. The van der Waals surface area contributed by atoms with Crippen LogP contribution in [0.25, 0.3) is 0 Å². The van der Waals surface area contributed by atoms with E-state index in [4.69, 9.17) is 23.8 Å². The summed E-state index contributed by atoms with van der Waals surface area (Å²) in [5.41, 5.74) is 0. The monoisotopic (exact) mass is 803 g/mol. The lowest BCUT2D eigenvalue weighted by Gasteiger charge is -2.24. The maximum Gasteiger partial charge on any atom is 0.472 e. The number of rotatable bonds is 41. The number of phosphoric acid groups is 1. The van der Waals surface area contributed by atoms with Crippen molar-refractivity contribution in [3.05, 3.63) is 36.5 Å². The third-order valence-electron chi connectivity index (χ3n) is 9.39. The van der Waals surface area contributed by atoms with Gasteiger partial charge in [0, 0.05) is 13.0 Å². The van der Waals surface area contributed by atoms with E-state index < -0.39 is 13.9 Å². The second kappa shape index (κ2) is 38.2. The molecule has 0 aromatic carbocycles. The zero-order chi connectivity index (χ0) is 40.7. The van der Waals surface area contributed by atoms with Gasteiger partial charge in [0.1, 0.15) is 25.4 Å². The maximum atomic E-state index is 12.7. The summed E-state index contributed by atoms with van der Waals surface area (Å²) in [7, 11) is 1.61. The highest BCUT2D eigenvalue weighted by molar-refractivity contribution is 7.47. The van der Waals surface area contributed by atoms with Crippen molar-refractivity contribution >= 4 is 13.8 Å². The first-order valence-corrected chi connectivity index (χ1v) is 23.5. The van der Waals surface area contributed by atoms with Gasteiger partial charge in [0.15, 0.2) is 0 Å². The van der Waals surface area contributed by atoms with E-state index in [0.717, 1.165) is 70.6 Å². The Bertz CT molecular complexity index is 998. The Hall–Kier alpha value is -1.36. The molecular weight excluding hydrogens is 717 g/mol. The Morgan fingerprint density at radius 3 is 1.80 bits per heavy atom. The second-order valence-electron chi connectivity index (χ2n) is 16.0. The van der Waals surface area contributed by atoms with Crippen LogP contribution in [0, 0.1) is 0 Å². The molecule has 2 N–H and O–H groups in total. The van der Waals surface area contributed by atoms with Crippen molar-refractivity contribution in [3.8, 4) is 0 Å². The number of nitrogens with zero attached hydrogens (tertiary/aromatic N) is 1. The van der Waals surface area contributed by atoms with Crippen molar-refractivity contribution in [2.45, 2.75) is 187 Å². The molecular formula is C44H85NO9P+. The van der Waals surface area contributed by atoms with Crippen molar-refractivity contribution < 1.29 is 47.4 Å². The van der Waals surface area contributed by atoms with Crippen LogP contribution >= 0.6 is 7.82 Å². The summed E-state index contributed by atoms with van der Waals surface area (Å²) in [5, 5.41) is 9.03. The van der Waals surface area contributed by atoms with Crippen molar-refractivity contribution in [2.24, 2.45) is 0 Å². The van der Waals surface area contributed by atoms with E-state index in [0.29, 0.717) is 24.1 Å². The van der Waals surface area contributed by atoms with Crippen LogP contribution in [0.4, 0.5) is 0 Å². The van der Waals surface area contributed by atoms with Gasteiger partial charge in [-0.3, -0.25) is 19.1 Å². The van der Waals surface area contributed by atoms with Gasteiger partial charge in [-0.1, -0.05) is 147 Å². The zero-order valence-electron chi connectivity index (χ0n) is 36.0. The molecule has 0 aliphatic heterocycles. The number of hydrogen-bond acceptors (Lipinski definition) is 8. The standard InChI is InChI=1S/C44H84NO9P/c1-6-8-10-11-12-13-14-15-16-17-18-19-23-26-29-33-38-50-40-43(41-52-55(48,49)51-39-37-45(3,4)5)53-44(46)36-32-28-25-22-20-21-24-27-31-35-42(54-47)34-30-9-7-2/h15-16,24,27,31,35,42-43H,6-14,17-23,25-26,28-30,32-34,36-41H2,1-5H3,(H-,47,48,49)/p+1/b16-15-,27-24-,35-31+. The SMILES string of the molecule is CCCCCCCC/C=C\CCCCCCCCOCC(COP(=O)(O)OCC[N+](C)(C)C)OC(=O)CCCCCCC/C=C\C=C\C(CCCCC)OO. The Balaban J connectivity index is 4.35. The van der Waals surface area contributed by atoms with Crippen molar-refractivity contribution in [1.82, 2.24) is 0 Å². The fourth-order valence-electron chi connectivity index (χ4n) is 5.88. The summed E-state index contributed by atoms with van der Waals surface area (Å²) >= 11 is 0. The Kier molecular flexibility index (Phi) is 37.2. The molecule has 0 rings (SSSR count). The minimum atomic E-state index is -4.30. The number of esters is 1. The topological polar surface area (TPSA) is 121 Å². The average molecular weight is 803 g/mol. The van der Waals surface area contributed by atoms with Crippen LogP contribution in [0.15, 0.2) is 36.5 Å². The fourth-order valence-corrected chi connectivity index (χ4v) is 6.62. The minimum absolute atomic E-state index is 0.0706. The lowest BCUT2D eigenvalue weighted by atomic mass is 10.1. The molecule has 0 radical (unpaired) electrons. The predicted molar refractivity (Wildman–Crippen MR) is 227 cm³/mol. The predicted octanol–water partition coefficient (Wildman–Crippen LogP) is 12.1. The number of carbonyl (C=O) groups is 1. The number of hydrogen-bond donors (Lipinski definition) is 2. The van der Waals surface area contributed by atoms with Crippen molar-refractivity contribution in [3.63, 3.8) is 0 Å². The summed E-state index contributed by atoms with van der Waals surface area (Å²) in [6, 6.07) is 0. The normalized spacial score (nSPS) is 14.7. The molecule has 0 heterocycles. The summed E-state index contributed by atoms with van der Waals surface area (Å²) in [4.78, 5) is 27.4. The van der Waals surface area contributed by atoms with Crippen LogP contribution in [-0.2, 0) is 32.8 Å². The van der Waals surface area contributed by atoms with Crippen molar-refractivity contribution in [1.29, 1.82) is 0 Å². The number of likely N-dealkylation sites (N-methyl/N-ethyl adjacent to an activating group) is 1.